The Labute approximate surface area is 147 Å². The molecule has 0 aliphatic carbocycles. The zero-order valence-corrected chi connectivity index (χ0v) is 16.1. The standard InChI is InChI=1S/C17H27BO5S/c1-7-10-21-15-9-8-13(12(2)24(19)20)11-14(15)18-22-16(3,4)17(5,6)23-18/h8-9,11-12H,7,10H2,1-6H3,(H,19,20)/p-1. The summed E-state index contributed by atoms with van der Waals surface area (Å²) in [4.78, 5) is 0. The van der Waals surface area contributed by atoms with Gasteiger partial charge in [0.2, 0.25) is 0 Å². The normalized spacial score (nSPS) is 21.5. The summed E-state index contributed by atoms with van der Waals surface area (Å²) < 4.78 is 40.6. The number of benzene rings is 1. The first-order chi connectivity index (χ1) is 11.1. The lowest BCUT2D eigenvalue weighted by atomic mass is 9.77. The fourth-order valence-corrected chi connectivity index (χ4v) is 2.80. The fraction of sp³-hybridized carbons (Fsp3) is 0.647. The molecule has 0 amide bonds. The summed E-state index contributed by atoms with van der Waals surface area (Å²) in [6.07, 6.45) is 0.880. The zero-order chi connectivity index (χ0) is 18.1. The van der Waals surface area contributed by atoms with Gasteiger partial charge < -0.3 is 18.6 Å². The number of ether oxygens (including phenoxy) is 1. The number of hydrogen-bond donors (Lipinski definition) is 0. The lowest BCUT2D eigenvalue weighted by Crippen LogP contribution is -2.41. The molecule has 7 heteroatoms. The molecule has 2 unspecified atom stereocenters. The van der Waals surface area contributed by atoms with Crippen LogP contribution >= 0.6 is 0 Å². The summed E-state index contributed by atoms with van der Waals surface area (Å²) in [7, 11) is -0.589. The van der Waals surface area contributed by atoms with E-state index in [0.717, 1.165) is 11.9 Å². The van der Waals surface area contributed by atoms with Gasteiger partial charge in [-0.25, -0.2) is 0 Å². The quantitative estimate of drug-likeness (QED) is 0.581. The minimum Gasteiger partial charge on any atom is -0.772 e. The van der Waals surface area contributed by atoms with Gasteiger partial charge in [0.15, 0.2) is 0 Å². The molecular weight excluding hydrogens is 327 g/mol. The highest BCUT2D eigenvalue weighted by atomic mass is 32.2. The van der Waals surface area contributed by atoms with E-state index < -0.39 is 34.7 Å². The van der Waals surface area contributed by atoms with E-state index in [1.807, 2.05) is 40.7 Å². The lowest BCUT2D eigenvalue weighted by molar-refractivity contribution is 0.00578. The summed E-state index contributed by atoms with van der Waals surface area (Å²) in [5.41, 5.74) is 0.486. The Morgan fingerprint density at radius 3 is 2.33 bits per heavy atom. The van der Waals surface area contributed by atoms with E-state index in [1.165, 1.54) is 0 Å². The molecule has 5 nitrogen and oxygen atoms in total. The predicted octanol–water partition coefficient (Wildman–Crippen LogP) is 2.71. The molecule has 1 fully saturated rings. The first kappa shape index (κ1) is 19.4. The Bertz CT molecular complexity index is 601. The van der Waals surface area contributed by atoms with E-state index >= 15 is 0 Å². The molecule has 134 valence electrons. The maximum Gasteiger partial charge on any atom is 0.498 e. The highest BCUT2D eigenvalue weighted by molar-refractivity contribution is 7.79. The van der Waals surface area contributed by atoms with Gasteiger partial charge in [0, 0.05) is 10.7 Å². The van der Waals surface area contributed by atoms with Gasteiger partial charge in [0.1, 0.15) is 5.75 Å². The highest BCUT2D eigenvalue weighted by Gasteiger charge is 2.52. The SMILES string of the molecule is CCCOc1ccc(C(C)S(=O)[O-])cc1B1OC(C)(C)C(C)(C)O1. The third-order valence-corrected chi connectivity index (χ3v) is 5.61. The molecule has 1 heterocycles. The first-order valence-corrected chi connectivity index (χ1v) is 9.43. The molecule has 0 saturated carbocycles. The molecule has 0 radical (unpaired) electrons. The minimum atomic E-state index is -2.19. The van der Waals surface area contributed by atoms with Crippen LogP contribution in [0, 0.1) is 0 Å². The van der Waals surface area contributed by atoms with Crippen LogP contribution < -0.4 is 10.2 Å². The van der Waals surface area contributed by atoms with Crippen molar-refractivity contribution >= 4 is 23.7 Å². The van der Waals surface area contributed by atoms with Crippen LogP contribution in [0.4, 0.5) is 0 Å². The van der Waals surface area contributed by atoms with E-state index in [1.54, 1.807) is 19.1 Å². The molecule has 1 aliphatic heterocycles. The van der Waals surface area contributed by atoms with Crippen molar-refractivity contribution in [1.29, 1.82) is 0 Å². The van der Waals surface area contributed by atoms with E-state index in [-0.39, 0.29) is 0 Å². The summed E-state index contributed by atoms with van der Waals surface area (Å²) in [6.45, 7) is 12.2. The number of hydrogen-bond acceptors (Lipinski definition) is 5. The molecular formula is C17H26BO5S-. The highest BCUT2D eigenvalue weighted by Crippen LogP contribution is 2.37. The van der Waals surface area contributed by atoms with Crippen molar-refractivity contribution in [2.75, 3.05) is 6.61 Å². The molecule has 2 atom stereocenters. The molecule has 0 N–H and O–H groups in total. The second-order valence-corrected chi connectivity index (χ2v) is 8.36. The van der Waals surface area contributed by atoms with Gasteiger partial charge in [-0.3, -0.25) is 4.21 Å². The van der Waals surface area contributed by atoms with E-state index in [9.17, 15) is 8.76 Å². The Kier molecular flexibility index (Phi) is 5.80. The molecule has 24 heavy (non-hydrogen) atoms. The lowest BCUT2D eigenvalue weighted by Gasteiger charge is -2.32. The molecule has 1 aliphatic rings. The molecule has 2 rings (SSSR count). The Morgan fingerprint density at radius 2 is 1.83 bits per heavy atom. The third-order valence-electron chi connectivity index (χ3n) is 4.76. The zero-order valence-electron chi connectivity index (χ0n) is 15.3. The molecule has 1 saturated heterocycles. The average molecular weight is 353 g/mol. The van der Waals surface area contributed by atoms with Gasteiger partial charge in [-0.05, 0) is 63.7 Å². The predicted molar refractivity (Wildman–Crippen MR) is 95.3 cm³/mol. The van der Waals surface area contributed by atoms with Crippen LogP contribution in [0.25, 0.3) is 0 Å². The largest absolute Gasteiger partial charge is 0.772 e. The van der Waals surface area contributed by atoms with Crippen LogP contribution in [0.2, 0.25) is 0 Å². The van der Waals surface area contributed by atoms with Crippen molar-refractivity contribution in [3.63, 3.8) is 0 Å². The van der Waals surface area contributed by atoms with Gasteiger partial charge in [0.05, 0.1) is 17.8 Å². The smallest absolute Gasteiger partial charge is 0.498 e. The van der Waals surface area contributed by atoms with Crippen molar-refractivity contribution < 1.29 is 22.8 Å². The first-order valence-electron chi connectivity index (χ1n) is 8.29. The van der Waals surface area contributed by atoms with Crippen LogP contribution in [0.3, 0.4) is 0 Å². The van der Waals surface area contributed by atoms with E-state index in [2.05, 4.69) is 0 Å². The Morgan fingerprint density at radius 1 is 1.25 bits per heavy atom. The van der Waals surface area contributed by atoms with Crippen LogP contribution in [0.15, 0.2) is 18.2 Å². The van der Waals surface area contributed by atoms with Crippen molar-refractivity contribution in [2.24, 2.45) is 0 Å². The van der Waals surface area contributed by atoms with Gasteiger partial charge in [-0.2, -0.15) is 0 Å². The van der Waals surface area contributed by atoms with Crippen molar-refractivity contribution in [1.82, 2.24) is 0 Å². The third kappa shape index (κ3) is 3.85. The summed E-state index contributed by atoms with van der Waals surface area (Å²) >= 11 is -2.19. The molecule has 0 aromatic heterocycles. The fourth-order valence-electron chi connectivity index (χ4n) is 2.43. The average Bonchev–Trinajstić information content (AvgIpc) is 2.72. The van der Waals surface area contributed by atoms with Crippen molar-refractivity contribution in [2.45, 2.75) is 64.4 Å². The van der Waals surface area contributed by atoms with Crippen LogP contribution in [0.1, 0.15) is 58.8 Å². The topological polar surface area (TPSA) is 67.8 Å². The Hall–Kier alpha value is -0.885. The second kappa shape index (κ2) is 7.16. The maximum atomic E-state index is 11.3. The van der Waals surface area contributed by atoms with Crippen LogP contribution in [0.5, 0.6) is 5.75 Å². The molecule has 1 aromatic carbocycles. The summed E-state index contributed by atoms with van der Waals surface area (Å²) in [5, 5.41) is -0.605. The Balaban J connectivity index is 2.41. The number of rotatable bonds is 6. The van der Waals surface area contributed by atoms with Gasteiger partial charge in [-0.1, -0.05) is 19.1 Å². The van der Waals surface area contributed by atoms with Crippen LogP contribution in [-0.4, -0.2) is 33.7 Å². The second-order valence-electron chi connectivity index (χ2n) is 7.14. The molecule has 1 aromatic rings. The monoisotopic (exact) mass is 353 g/mol. The van der Waals surface area contributed by atoms with Gasteiger partial charge >= 0.3 is 7.12 Å². The van der Waals surface area contributed by atoms with Crippen LogP contribution in [-0.2, 0) is 20.4 Å². The van der Waals surface area contributed by atoms with Crippen molar-refractivity contribution in [3.05, 3.63) is 23.8 Å². The van der Waals surface area contributed by atoms with Gasteiger partial charge in [0.25, 0.3) is 0 Å². The molecule has 0 bridgehead atoms. The van der Waals surface area contributed by atoms with E-state index in [4.69, 9.17) is 14.0 Å². The maximum absolute atomic E-state index is 11.3. The van der Waals surface area contributed by atoms with E-state index in [0.29, 0.717) is 17.9 Å². The minimum absolute atomic E-state index is 0.470. The summed E-state index contributed by atoms with van der Waals surface area (Å²) in [6, 6.07) is 5.39. The van der Waals surface area contributed by atoms with Gasteiger partial charge in [-0.15, -0.1) is 0 Å². The van der Waals surface area contributed by atoms with Crippen molar-refractivity contribution in [3.8, 4) is 5.75 Å². The summed E-state index contributed by atoms with van der Waals surface area (Å²) in [5.74, 6) is 0.669. The molecule has 0 spiro atoms.